The molecule has 0 aromatic carbocycles. The highest BCUT2D eigenvalue weighted by atomic mass is 32.2. The molecule has 0 aliphatic rings. The Bertz CT molecular complexity index is 571. The van der Waals surface area contributed by atoms with Crippen LogP contribution in [0.5, 0.6) is 0 Å². The molecular weight excluding hydrogens is 244 g/mol. The Morgan fingerprint density at radius 2 is 2.29 bits per heavy atom. The second-order valence-corrected chi connectivity index (χ2v) is 5.24. The van der Waals surface area contributed by atoms with Gasteiger partial charge >= 0.3 is 0 Å². The van der Waals surface area contributed by atoms with E-state index in [1.807, 2.05) is 0 Å². The van der Waals surface area contributed by atoms with Crippen LogP contribution in [0.25, 0.3) is 0 Å². The van der Waals surface area contributed by atoms with Gasteiger partial charge in [0.15, 0.2) is 0 Å². The van der Waals surface area contributed by atoms with Crippen LogP contribution in [-0.2, 0) is 23.2 Å². The molecule has 3 N–H and O–H groups in total. The van der Waals surface area contributed by atoms with Crippen molar-refractivity contribution in [1.82, 2.24) is 9.71 Å². The molecule has 0 amide bonds. The molecule has 7 heteroatoms. The molecule has 0 saturated carbocycles. The van der Waals surface area contributed by atoms with Crippen LogP contribution < -0.4 is 4.72 Å². The molecule has 2 aromatic heterocycles. The van der Waals surface area contributed by atoms with E-state index in [9.17, 15) is 8.42 Å². The lowest BCUT2D eigenvalue weighted by Crippen LogP contribution is -2.22. The van der Waals surface area contributed by atoms with Crippen molar-refractivity contribution in [2.24, 2.45) is 0 Å². The maximum atomic E-state index is 11.8. The third-order valence-electron chi connectivity index (χ3n) is 2.24. The van der Waals surface area contributed by atoms with Crippen molar-refractivity contribution in [3.63, 3.8) is 0 Å². The lowest BCUT2D eigenvalue weighted by Gasteiger charge is -2.02. The highest BCUT2D eigenvalue weighted by Gasteiger charge is 2.15. The van der Waals surface area contributed by atoms with Crippen molar-refractivity contribution in [3.05, 3.63) is 42.1 Å². The van der Waals surface area contributed by atoms with E-state index in [1.165, 1.54) is 24.8 Å². The van der Waals surface area contributed by atoms with Crippen LogP contribution in [0.4, 0.5) is 0 Å². The van der Waals surface area contributed by atoms with Crippen molar-refractivity contribution in [3.8, 4) is 0 Å². The summed E-state index contributed by atoms with van der Waals surface area (Å²) < 4.78 is 30.9. The number of aromatic nitrogens is 1. The van der Waals surface area contributed by atoms with Gasteiger partial charge < -0.3 is 14.5 Å². The molecule has 0 atom stereocenters. The Morgan fingerprint density at radius 1 is 1.47 bits per heavy atom. The number of hydrogen-bond acceptors (Lipinski definition) is 4. The summed E-state index contributed by atoms with van der Waals surface area (Å²) in [6, 6.07) is 3.07. The van der Waals surface area contributed by atoms with Gasteiger partial charge in [0.05, 0.1) is 24.0 Å². The highest BCUT2D eigenvalue weighted by Crippen LogP contribution is 2.11. The van der Waals surface area contributed by atoms with Gasteiger partial charge in [-0.2, -0.15) is 0 Å². The molecule has 17 heavy (non-hydrogen) atoms. The smallest absolute Gasteiger partial charge is 0.242 e. The zero-order valence-corrected chi connectivity index (χ0v) is 9.70. The zero-order chi connectivity index (χ0) is 12.3. The summed E-state index contributed by atoms with van der Waals surface area (Å²) in [5.74, 6) is 0. The number of rotatable bonds is 5. The van der Waals surface area contributed by atoms with E-state index in [2.05, 4.69) is 9.71 Å². The van der Waals surface area contributed by atoms with Gasteiger partial charge in [-0.1, -0.05) is 0 Å². The maximum Gasteiger partial charge on any atom is 0.242 e. The van der Waals surface area contributed by atoms with Crippen LogP contribution in [0.15, 0.2) is 40.2 Å². The summed E-state index contributed by atoms with van der Waals surface area (Å²) in [4.78, 5) is 2.77. The minimum Gasteiger partial charge on any atom is -0.472 e. The lowest BCUT2D eigenvalue weighted by atomic mass is 10.4. The summed E-state index contributed by atoms with van der Waals surface area (Å²) in [5, 5.41) is 8.84. The normalized spacial score (nSPS) is 11.8. The van der Waals surface area contributed by atoms with E-state index in [0.717, 1.165) is 5.56 Å². The number of sulfonamides is 1. The molecule has 0 aliphatic carbocycles. The van der Waals surface area contributed by atoms with Gasteiger partial charge in [0.25, 0.3) is 0 Å². The number of H-pyrrole nitrogens is 1. The topological polar surface area (TPSA) is 95.3 Å². The van der Waals surface area contributed by atoms with Crippen LogP contribution in [0, 0.1) is 0 Å². The average molecular weight is 256 g/mol. The molecule has 2 heterocycles. The van der Waals surface area contributed by atoms with Crippen LogP contribution in [-0.4, -0.2) is 18.5 Å². The Balaban J connectivity index is 2.08. The van der Waals surface area contributed by atoms with Crippen molar-refractivity contribution in [2.75, 3.05) is 0 Å². The monoisotopic (exact) mass is 256 g/mol. The van der Waals surface area contributed by atoms with Crippen LogP contribution in [0.1, 0.15) is 11.3 Å². The second-order valence-electron chi connectivity index (χ2n) is 3.47. The predicted molar refractivity (Wildman–Crippen MR) is 59.4 cm³/mol. The fourth-order valence-electron chi connectivity index (χ4n) is 1.32. The number of hydrogen-bond donors (Lipinski definition) is 3. The molecule has 0 bridgehead atoms. The first-order valence-electron chi connectivity index (χ1n) is 4.91. The largest absolute Gasteiger partial charge is 0.472 e. The number of aliphatic hydroxyl groups excluding tert-OH is 1. The first kappa shape index (κ1) is 11.9. The molecule has 0 fully saturated rings. The van der Waals surface area contributed by atoms with Gasteiger partial charge in [0, 0.05) is 24.0 Å². The third kappa shape index (κ3) is 2.76. The van der Waals surface area contributed by atoms with E-state index >= 15 is 0 Å². The Kier molecular flexibility index (Phi) is 3.32. The Labute approximate surface area is 98.3 Å². The molecule has 0 saturated heterocycles. The van der Waals surface area contributed by atoms with Gasteiger partial charge in [-0.15, -0.1) is 0 Å². The number of nitrogens with one attached hydrogen (secondary N) is 2. The summed E-state index contributed by atoms with van der Waals surface area (Å²) in [6.07, 6.45) is 4.28. The summed E-state index contributed by atoms with van der Waals surface area (Å²) in [6.45, 7) is -0.0598. The molecule has 0 unspecified atom stereocenters. The van der Waals surface area contributed by atoms with Crippen LogP contribution in [0.3, 0.4) is 0 Å². The highest BCUT2D eigenvalue weighted by molar-refractivity contribution is 7.89. The number of aromatic amines is 1. The first-order chi connectivity index (χ1) is 8.12. The van der Waals surface area contributed by atoms with Crippen LogP contribution >= 0.6 is 0 Å². The van der Waals surface area contributed by atoms with Crippen LogP contribution in [0.2, 0.25) is 0 Å². The molecular formula is C10H12N2O4S. The van der Waals surface area contributed by atoms with E-state index in [4.69, 9.17) is 9.52 Å². The standard InChI is InChI=1S/C10H12N2O4S/c13-6-9-3-10(5-11-9)17(14,15)12-4-8-1-2-16-7-8/h1-3,5,7,11-13H,4,6H2. The zero-order valence-electron chi connectivity index (χ0n) is 8.88. The Morgan fingerprint density at radius 3 is 2.88 bits per heavy atom. The molecule has 6 nitrogen and oxygen atoms in total. The predicted octanol–water partition coefficient (Wildman–Crippen LogP) is 0.579. The Hall–Kier alpha value is -1.57. The van der Waals surface area contributed by atoms with Crippen molar-refractivity contribution >= 4 is 10.0 Å². The molecule has 2 aromatic rings. The molecule has 0 aliphatic heterocycles. The fourth-order valence-corrected chi connectivity index (χ4v) is 2.36. The van der Waals surface area contributed by atoms with Gasteiger partial charge in [-0.3, -0.25) is 0 Å². The summed E-state index contributed by atoms with van der Waals surface area (Å²) >= 11 is 0. The van der Waals surface area contributed by atoms with E-state index in [0.29, 0.717) is 5.69 Å². The second kappa shape index (κ2) is 4.74. The van der Waals surface area contributed by atoms with Gasteiger partial charge in [0.1, 0.15) is 0 Å². The fraction of sp³-hybridized carbons (Fsp3) is 0.200. The van der Waals surface area contributed by atoms with E-state index < -0.39 is 10.0 Å². The summed E-state index contributed by atoms with van der Waals surface area (Å²) in [7, 11) is -3.56. The van der Waals surface area contributed by atoms with Crippen molar-refractivity contribution in [1.29, 1.82) is 0 Å². The minimum absolute atomic E-state index is 0.102. The minimum atomic E-state index is -3.56. The van der Waals surface area contributed by atoms with Gasteiger partial charge in [0.2, 0.25) is 10.0 Å². The molecule has 0 spiro atoms. The number of aliphatic hydroxyl groups is 1. The van der Waals surface area contributed by atoms with Crippen molar-refractivity contribution in [2.45, 2.75) is 18.0 Å². The quantitative estimate of drug-likeness (QED) is 0.729. The van der Waals surface area contributed by atoms with Crippen molar-refractivity contribution < 1.29 is 17.9 Å². The van der Waals surface area contributed by atoms with Gasteiger partial charge in [-0.05, 0) is 12.1 Å². The first-order valence-corrected chi connectivity index (χ1v) is 6.39. The molecule has 92 valence electrons. The third-order valence-corrected chi connectivity index (χ3v) is 3.62. The van der Waals surface area contributed by atoms with E-state index in [1.54, 1.807) is 6.07 Å². The number of furan rings is 1. The van der Waals surface area contributed by atoms with E-state index in [-0.39, 0.29) is 18.0 Å². The average Bonchev–Trinajstić information content (AvgIpc) is 2.98. The molecule has 2 rings (SSSR count). The van der Waals surface area contributed by atoms with Gasteiger partial charge in [-0.25, -0.2) is 13.1 Å². The summed E-state index contributed by atoms with van der Waals surface area (Å²) in [5.41, 5.74) is 1.19. The SMILES string of the molecule is O=S(=O)(NCc1ccoc1)c1c[nH]c(CO)c1. The lowest BCUT2D eigenvalue weighted by molar-refractivity contribution is 0.277. The molecule has 0 radical (unpaired) electrons. The maximum absolute atomic E-state index is 11.8.